The molecule has 0 aliphatic heterocycles. The fourth-order valence-corrected chi connectivity index (χ4v) is 1.21. The standard InChI is InChI=1S/C9H16N2.C2H6/c1-7(2)9-10-5-6-11(9)8(3)4;1-2/h5-8H,1-4H3;1-2H3. The molecule has 1 rings (SSSR count). The highest BCUT2D eigenvalue weighted by Crippen LogP contribution is 2.15. The van der Waals surface area contributed by atoms with Crippen molar-refractivity contribution < 1.29 is 0 Å². The van der Waals surface area contributed by atoms with E-state index in [4.69, 9.17) is 0 Å². The molecule has 0 atom stereocenters. The molecule has 0 aliphatic carbocycles. The van der Waals surface area contributed by atoms with Crippen LogP contribution in [-0.4, -0.2) is 9.55 Å². The Morgan fingerprint density at radius 3 is 2.00 bits per heavy atom. The second-order valence-corrected chi connectivity index (χ2v) is 3.44. The fraction of sp³-hybridized carbons (Fsp3) is 0.727. The van der Waals surface area contributed by atoms with E-state index in [1.807, 2.05) is 26.2 Å². The predicted molar refractivity (Wildman–Crippen MR) is 58.0 cm³/mol. The molecule has 0 N–H and O–H groups in total. The number of rotatable bonds is 2. The minimum Gasteiger partial charge on any atom is -0.332 e. The van der Waals surface area contributed by atoms with Gasteiger partial charge >= 0.3 is 0 Å². The lowest BCUT2D eigenvalue weighted by Gasteiger charge is -2.13. The molecule has 0 saturated carbocycles. The van der Waals surface area contributed by atoms with E-state index >= 15 is 0 Å². The maximum atomic E-state index is 4.30. The topological polar surface area (TPSA) is 17.8 Å². The van der Waals surface area contributed by atoms with Gasteiger partial charge in [-0.15, -0.1) is 0 Å². The molecule has 1 aromatic heterocycles. The van der Waals surface area contributed by atoms with Gasteiger partial charge in [0.25, 0.3) is 0 Å². The van der Waals surface area contributed by atoms with Crippen molar-refractivity contribution in [2.24, 2.45) is 0 Å². The highest BCUT2D eigenvalue weighted by atomic mass is 15.1. The maximum absolute atomic E-state index is 4.30. The zero-order valence-electron chi connectivity index (χ0n) is 9.70. The summed E-state index contributed by atoms with van der Waals surface area (Å²) in [5, 5.41) is 0. The van der Waals surface area contributed by atoms with Crippen LogP contribution in [0.4, 0.5) is 0 Å². The number of imidazole rings is 1. The number of aromatic nitrogens is 2. The molecule has 0 radical (unpaired) electrons. The minimum atomic E-state index is 0.521. The van der Waals surface area contributed by atoms with Crippen LogP contribution in [0.2, 0.25) is 0 Å². The van der Waals surface area contributed by atoms with Gasteiger partial charge in [-0.2, -0.15) is 0 Å². The largest absolute Gasteiger partial charge is 0.332 e. The SMILES string of the molecule is CC.CC(C)c1nccn1C(C)C. The highest BCUT2D eigenvalue weighted by molar-refractivity contribution is 4.98. The van der Waals surface area contributed by atoms with Crippen LogP contribution in [0.25, 0.3) is 0 Å². The first kappa shape index (κ1) is 12.2. The molecule has 13 heavy (non-hydrogen) atoms. The number of hydrogen-bond acceptors (Lipinski definition) is 1. The van der Waals surface area contributed by atoms with Gasteiger partial charge in [0.05, 0.1) is 0 Å². The van der Waals surface area contributed by atoms with Crippen molar-refractivity contribution >= 4 is 0 Å². The molecular formula is C11H22N2. The van der Waals surface area contributed by atoms with Crippen molar-refractivity contribution in [2.75, 3.05) is 0 Å². The Hall–Kier alpha value is -0.790. The maximum Gasteiger partial charge on any atom is 0.111 e. The molecule has 0 spiro atoms. The molecule has 0 saturated heterocycles. The van der Waals surface area contributed by atoms with Crippen molar-refractivity contribution in [3.63, 3.8) is 0 Å². The predicted octanol–water partition coefficient (Wildman–Crippen LogP) is 3.61. The third kappa shape index (κ3) is 3.21. The summed E-state index contributed by atoms with van der Waals surface area (Å²) in [5.41, 5.74) is 0. The third-order valence-corrected chi connectivity index (χ3v) is 1.77. The van der Waals surface area contributed by atoms with Crippen molar-refractivity contribution in [1.82, 2.24) is 9.55 Å². The molecule has 1 heterocycles. The van der Waals surface area contributed by atoms with Crippen LogP contribution < -0.4 is 0 Å². The fourth-order valence-electron chi connectivity index (χ4n) is 1.21. The van der Waals surface area contributed by atoms with E-state index in [0.717, 1.165) is 0 Å². The van der Waals surface area contributed by atoms with Gasteiger partial charge in [-0.3, -0.25) is 0 Å². The Balaban J connectivity index is 0.000000671. The van der Waals surface area contributed by atoms with Crippen LogP contribution in [0.5, 0.6) is 0 Å². The van der Waals surface area contributed by atoms with Gasteiger partial charge in [0.15, 0.2) is 0 Å². The minimum absolute atomic E-state index is 0.521. The van der Waals surface area contributed by atoms with Gasteiger partial charge < -0.3 is 4.57 Å². The molecule has 0 bridgehead atoms. The van der Waals surface area contributed by atoms with Crippen LogP contribution in [0.3, 0.4) is 0 Å². The average molecular weight is 182 g/mol. The Kier molecular flexibility index (Phi) is 5.44. The molecule has 2 nitrogen and oxygen atoms in total. The van der Waals surface area contributed by atoms with Crippen LogP contribution >= 0.6 is 0 Å². The molecule has 2 heteroatoms. The lowest BCUT2D eigenvalue weighted by atomic mass is 10.2. The summed E-state index contributed by atoms with van der Waals surface area (Å²) in [6.07, 6.45) is 3.91. The quantitative estimate of drug-likeness (QED) is 0.683. The van der Waals surface area contributed by atoms with E-state index in [1.165, 1.54) is 5.82 Å². The summed E-state index contributed by atoms with van der Waals surface area (Å²) in [6.45, 7) is 12.7. The molecule has 0 unspecified atom stereocenters. The number of nitrogens with zero attached hydrogens (tertiary/aromatic N) is 2. The molecule has 0 aliphatic rings. The first-order chi connectivity index (χ1) is 6.13. The van der Waals surface area contributed by atoms with E-state index in [0.29, 0.717) is 12.0 Å². The Morgan fingerprint density at radius 1 is 1.15 bits per heavy atom. The first-order valence-electron chi connectivity index (χ1n) is 5.15. The summed E-state index contributed by atoms with van der Waals surface area (Å²) in [4.78, 5) is 4.30. The van der Waals surface area contributed by atoms with Crippen LogP contribution in [0.1, 0.15) is 59.3 Å². The Labute approximate surface area is 82.0 Å². The molecule has 1 aromatic rings. The Morgan fingerprint density at radius 2 is 1.69 bits per heavy atom. The van der Waals surface area contributed by atoms with E-state index in [2.05, 4.69) is 37.2 Å². The molecule has 76 valence electrons. The van der Waals surface area contributed by atoms with Crippen molar-refractivity contribution in [2.45, 2.75) is 53.5 Å². The first-order valence-corrected chi connectivity index (χ1v) is 5.15. The lowest BCUT2D eigenvalue weighted by molar-refractivity contribution is 0.550. The summed E-state index contributed by atoms with van der Waals surface area (Å²) >= 11 is 0. The van der Waals surface area contributed by atoms with Gasteiger partial charge in [0.2, 0.25) is 0 Å². The van der Waals surface area contributed by atoms with Crippen LogP contribution in [0.15, 0.2) is 12.4 Å². The average Bonchev–Trinajstić information content (AvgIpc) is 2.55. The summed E-state index contributed by atoms with van der Waals surface area (Å²) in [6, 6.07) is 0.523. The lowest BCUT2D eigenvalue weighted by Crippen LogP contribution is -2.06. The molecular weight excluding hydrogens is 160 g/mol. The van der Waals surface area contributed by atoms with Crippen LogP contribution in [0, 0.1) is 0 Å². The number of hydrogen-bond donors (Lipinski definition) is 0. The molecule has 0 amide bonds. The zero-order valence-corrected chi connectivity index (χ0v) is 9.70. The van der Waals surface area contributed by atoms with Crippen molar-refractivity contribution in [1.29, 1.82) is 0 Å². The molecule has 0 fully saturated rings. The van der Waals surface area contributed by atoms with Gasteiger partial charge in [-0.1, -0.05) is 27.7 Å². The monoisotopic (exact) mass is 182 g/mol. The highest BCUT2D eigenvalue weighted by Gasteiger charge is 2.08. The van der Waals surface area contributed by atoms with Crippen LogP contribution in [-0.2, 0) is 0 Å². The summed E-state index contributed by atoms with van der Waals surface area (Å²) in [5.74, 6) is 1.70. The zero-order chi connectivity index (χ0) is 10.4. The van der Waals surface area contributed by atoms with Crippen molar-refractivity contribution in [3.05, 3.63) is 18.2 Å². The normalized spacial score (nSPS) is 10.2. The smallest absolute Gasteiger partial charge is 0.111 e. The second-order valence-electron chi connectivity index (χ2n) is 3.44. The van der Waals surface area contributed by atoms with Crippen molar-refractivity contribution in [3.8, 4) is 0 Å². The van der Waals surface area contributed by atoms with Gasteiger partial charge in [0.1, 0.15) is 5.82 Å². The summed E-state index contributed by atoms with van der Waals surface area (Å²) in [7, 11) is 0. The Bertz CT molecular complexity index is 201. The van der Waals surface area contributed by atoms with Gasteiger partial charge in [-0.25, -0.2) is 4.98 Å². The third-order valence-electron chi connectivity index (χ3n) is 1.77. The van der Waals surface area contributed by atoms with E-state index < -0.39 is 0 Å². The molecule has 0 aromatic carbocycles. The summed E-state index contributed by atoms with van der Waals surface area (Å²) < 4.78 is 2.21. The van der Waals surface area contributed by atoms with E-state index in [9.17, 15) is 0 Å². The van der Waals surface area contributed by atoms with E-state index in [-0.39, 0.29) is 0 Å². The van der Waals surface area contributed by atoms with E-state index in [1.54, 1.807) is 0 Å². The van der Waals surface area contributed by atoms with Gasteiger partial charge in [-0.05, 0) is 13.8 Å². The van der Waals surface area contributed by atoms with Gasteiger partial charge in [0, 0.05) is 24.4 Å². The second kappa shape index (κ2) is 5.79.